The van der Waals surface area contributed by atoms with E-state index in [0.29, 0.717) is 21.0 Å². The largest absolute Gasteiger partial charge is 0.465 e. The van der Waals surface area contributed by atoms with Crippen molar-refractivity contribution in [2.24, 2.45) is 0 Å². The van der Waals surface area contributed by atoms with Crippen molar-refractivity contribution in [1.82, 2.24) is 0 Å². The first-order valence-corrected chi connectivity index (χ1v) is 9.53. The van der Waals surface area contributed by atoms with E-state index in [1.807, 2.05) is 0 Å². The molecule has 0 saturated heterocycles. The van der Waals surface area contributed by atoms with Gasteiger partial charge >= 0.3 is 5.97 Å². The number of methoxy groups -OCH3 is 1. The van der Waals surface area contributed by atoms with E-state index in [0.717, 1.165) is 31.2 Å². The van der Waals surface area contributed by atoms with Crippen molar-refractivity contribution < 1.29 is 31.6 Å². The van der Waals surface area contributed by atoms with Gasteiger partial charge in [0, 0.05) is 12.3 Å². The Kier molecular flexibility index (Phi) is 4.95. The van der Waals surface area contributed by atoms with Gasteiger partial charge in [0.15, 0.2) is 0 Å². The second-order valence-electron chi connectivity index (χ2n) is 5.95. The lowest BCUT2D eigenvalue weighted by atomic mass is 10.1. The molecule has 0 fully saturated rings. The van der Waals surface area contributed by atoms with E-state index in [-0.39, 0.29) is 16.1 Å². The summed E-state index contributed by atoms with van der Waals surface area (Å²) in [6, 6.07) is 8.32. The fraction of sp³-hybridized carbons (Fsp3) is 0.158. The number of halogens is 1. The third-order valence-corrected chi connectivity index (χ3v) is 5.93. The molecule has 0 saturated carbocycles. The lowest BCUT2D eigenvalue weighted by molar-refractivity contribution is -0.115. The number of nitrogens with zero attached hydrogens (tertiary/aromatic N) is 1. The highest BCUT2D eigenvalue weighted by atomic mass is 32.2. The second-order valence-corrected chi connectivity index (χ2v) is 7.73. The molecule has 0 atom stereocenters. The number of amides is 1. The van der Waals surface area contributed by atoms with Gasteiger partial charge in [0.2, 0.25) is 5.91 Å². The fourth-order valence-electron chi connectivity index (χ4n) is 2.89. The van der Waals surface area contributed by atoms with E-state index in [2.05, 4.69) is 0 Å². The Balaban J connectivity index is 2.20. The monoisotopic (exact) mass is 405 g/mol. The molecular weight excluding hydrogens is 389 g/mol. The molecule has 3 rings (SSSR count). The van der Waals surface area contributed by atoms with E-state index in [4.69, 9.17) is 9.15 Å². The smallest absolute Gasteiger partial charge is 0.342 e. The minimum atomic E-state index is -4.30. The summed E-state index contributed by atoms with van der Waals surface area (Å²) in [5.41, 5.74) is 0.488. The molecule has 7 nitrogen and oxygen atoms in total. The molecule has 3 aromatic rings. The van der Waals surface area contributed by atoms with Gasteiger partial charge in [0.1, 0.15) is 22.7 Å². The van der Waals surface area contributed by atoms with E-state index >= 15 is 0 Å². The number of hydrogen-bond acceptors (Lipinski definition) is 6. The summed E-state index contributed by atoms with van der Waals surface area (Å²) >= 11 is 0. The normalized spacial score (nSPS) is 11.4. The van der Waals surface area contributed by atoms with Crippen molar-refractivity contribution in [3.05, 3.63) is 59.6 Å². The highest BCUT2D eigenvalue weighted by molar-refractivity contribution is 7.93. The molecule has 146 valence electrons. The maximum Gasteiger partial charge on any atom is 0.342 e. The van der Waals surface area contributed by atoms with Crippen LogP contribution in [0.5, 0.6) is 0 Å². The van der Waals surface area contributed by atoms with Crippen LogP contribution in [0.1, 0.15) is 23.0 Å². The molecule has 0 aliphatic carbocycles. The van der Waals surface area contributed by atoms with Crippen molar-refractivity contribution in [1.29, 1.82) is 0 Å². The number of carbonyl (C=O) groups is 2. The third kappa shape index (κ3) is 3.24. The van der Waals surface area contributed by atoms with Gasteiger partial charge in [-0.25, -0.2) is 21.9 Å². The molecule has 1 aromatic heterocycles. The molecule has 0 aliphatic rings. The Morgan fingerprint density at radius 2 is 1.75 bits per heavy atom. The number of rotatable bonds is 4. The number of aryl methyl sites for hydroxylation is 1. The van der Waals surface area contributed by atoms with Crippen LogP contribution in [0.3, 0.4) is 0 Å². The van der Waals surface area contributed by atoms with Gasteiger partial charge in [0.05, 0.1) is 17.7 Å². The lowest BCUT2D eigenvalue weighted by Crippen LogP contribution is -2.35. The second kappa shape index (κ2) is 7.08. The Hall–Kier alpha value is -3.20. The summed E-state index contributed by atoms with van der Waals surface area (Å²) in [7, 11) is -3.09. The van der Waals surface area contributed by atoms with Crippen molar-refractivity contribution in [2.75, 3.05) is 11.4 Å². The first-order chi connectivity index (χ1) is 13.2. The predicted molar refractivity (Wildman–Crippen MR) is 99.0 cm³/mol. The highest BCUT2D eigenvalue weighted by Crippen LogP contribution is 2.32. The minimum Gasteiger partial charge on any atom is -0.465 e. The van der Waals surface area contributed by atoms with Gasteiger partial charge in [-0.3, -0.25) is 4.79 Å². The first kappa shape index (κ1) is 19.6. The van der Waals surface area contributed by atoms with Crippen molar-refractivity contribution in [2.45, 2.75) is 18.7 Å². The van der Waals surface area contributed by atoms with E-state index in [9.17, 15) is 22.4 Å². The summed E-state index contributed by atoms with van der Waals surface area (Å²) in [5.74, 6) is -1.73. The number of esters is 1. The van der Waals surface area contributed by atoms with Crippen LogP contribution in [-0.4, -0.2) is 27.4 Å². The maximum atomic E-state index is 13.2. The molecule has 2 aromatic carbocycles. The summed E-state index contributed by atoms with van der Waals surface area (Å²) in [6.07, 6.45) is 0. The molecule has 1 amide bonds. The zero-order chi connectivity index (χ0) is 20.6. The first-order valence-electron chi connectivity index (χ1n) is 8.09. The average Bonchev–Trinajstić information content (AvgIpc) is 2.96. The number of hydrogen-bond donors (Lipinski definition) is 0. The summed E-state index contributed by atoms with van der Waals surface area (Å²) in [5, 5.41) is 0.308. The Bertz CT molecular complexity index is 1180. The van der Waals surface area contributed by atoms with Crippen molar-refractivity contribution in [3.63, 3.8) is 0 Å². The SMILES string of the molecule is COC(=O)c1c(C)oc2ccc(N(C(C)=O)S(=O)(=O)c3ccc(F)cc3)cc12. The zero-order valence-corrected chi connectivity index (χ0v) is 16.0. The number of carbonyl (C=O) groups excluding carboxylic acids is 2. The quantitative estimate of drug-likeness (QED) is 0.618. The number of fused-ring (bicyclic) bond motifs is 1. The summed E-state index contributed by atoms with van der Waals surface area (Å²) < 4.78 is 49.9. The lowest BCUT2D eigenvalue weighted by Gasteiger charge is -2.21. The van der Waals surface area contributed by atoms with Crippen LogP contribution in [0.4, 0.5) is 10.1 Å². The van der Waals surface area contributed by atoms with Crippen LogP contribution in [0.25, 0.3) is 11.0 Å². The molecule has 0 radical (unpaired) electrons. The van der Waals surface area contributed by atoms with Crippen molar-refractivity contribution >= 4 is 38.6 Å². The Morgan fingerprint density at radius 3 is 2.32 bits per heavy atom. The molecular formula is C19H16FNO6S. The van der Waals surface area contributed by atoms with Crippen LogP contribution in [-0.2, 0) is 19.6 Å². The molecule has 9 heteroatoms. The van der Waals surface area contributed by atoms with Crippen LogP contribution in [0.2, 0.25) is 0 Å². The topological polar surface area (TPSA) is 93.9 Å². The molecule has 0 spiro atoms. The van der Waals surface area contributed by atoms with Crippen molar-refractivity contribution in [3.8, 4) is 0 Å². The van der Waals surface area contributed by atoms with Gasteiger partial charge in [-0.05, 0) is 49.4 Å². The number of ether oxygens (including phenoxy) is 1. The van der Waals surface area contributed by atoms with Crippen LogP contribution < -0.4 is 4.31 Å². The fourth-order valence-corrected chi connectivity index (χ4v) is 4.31. The number of anilines is 1. The molecule has 0 aliphatic heterocycles. The molecule has 0 N–H and O–H groups in total. The Morgan fingerprint density at radius 1 is 1.11 bits per heavy atom. The van der Waals surface area contributed by atoms with E-state index in [1.165, 1.54) is 25.3 Å². The molecule has 28 heavy (non-hydrogen) atoms. The van der Waals surface area contributed by atoms with Gasteiger partial charge < -0.3 is 9.15 Å². The Labute approximate surface area is 160 Å². The van der Waals surface area contributed by atoms with Gasteiger partial charge in [0.25, 0.3) is 10.0 Å². The van der Waals surface area contributed by atoms with Crippen LogP contribution in [0, 0.1) is 12.7 Å². The highest BCUT2D eigenvalue weighted by Gasteiger charge is 2.30. The zero-order valence-electron chi connectivity index (χ0n) is 15.2. The summed E-state index contributed by atoms with van der Waals surface area (Å²) in [4.78, 5) is 24.0. The minimum absolute atomic E-state index is 0.00952. The van der Waals surface area contributed by atoms with E-state index < -0.39 is 27.7 Å². The number of sulfonamides is 1. The number of furan rings is 1. The van der Waals surface area contributed by atoms with Gasteiger partial charge in [-0.2, -0.15) is 0 Å². The van der Waals surface area contributed by atoms with Gasteiger partial charge in [-0.15, -0.1) is 0 Å². The molecule has 0 bridgehead atoms. The number of benzene rings is 2. The molecule has 0 unspecified atom stereocenters. The van der Waals surface area contributed by atoms with Crippen LogP contribution >= 0.6 is 0 Å². The third-order valence-electron chi connectivity index (χ3n) is 4.11. The average molecular weight is 405 g/mol. The van der Waals surface area contributed by atoms with Crippen LogP contribution in [0.15, 0.2) is 51.8 Å². The standard InChI is InChI=1S/C19H16FNO6S/c1-11-18(19(23)26-3)16-10-14(6-9-17(16)27-11)21(12(2)22)28(24,25)15-7-4-13(20)5-8-15/h4-10H,1-3H3. The van der Waals surface area contributed by atoms with Gasteiger partial charge in [-0.1, -0.05) is 0 Å². The summed E-state index contributed by atoms with van der Waals surface area (Å²) in [6.45, 7) is 2.66. The predicted octanol–water partition coefficient (Wildman–Crippen LogP) is 3.41. The molecule has 1 heterocycles. The maximum absolute atomic E-state index is 13.2. The van der Waals surface area contributed by atoms with E-state index in [1.54, 1.807) is 6.92 Å².